The summed E-state index contributed by atoms with van der Waals surface area (Å²) in [5, 5.41) is 23.3. The fourth-order valence-corrected chi connectivity index (χ4v) is 4.55. The average molecular weight is 540 g/mol. The number of halogens is 1. The summed E-state index contributed by atoms with van der Waals surface area (Å²) in [6, 6.07) is 17.6. The van der Waals surface area contributed by atoms with Crippen LogP contribution in [0.2, 0.25) is 5.02 Å². The van der Waals surface area contributed by atoms with Gasteiger partial charge in [0, 0.05) is 17.1 Å². The van der Waals surface area contributed by atoms with Gasteiger partial charge in [0.15, 0.2) is 5.75 Å². The van der Waals surface area contributed by atoms with Gasteiger partial charge in [0.25, 0.3) is 16.0 Å². The number of azo groups is 1. The third-order valence-electron chi connectivity index (χ3n) is 5.61. The number of phenols is 1. The number of carbonyl (C=O) groups excluding carboxylic acids is 1. The molecule has 4 aromatic carbocycles. The number of benzene rings is 4. The zero-order valence-corrected chi connectivity index (χ0v) is 21.3. The van der Waals surface area contributed by atoms with Crippen molar-refractivity contribution < 1.29 is 27.6 Å². The van der Waals surface area contributed by atoms with E-state index < -0.39 is 21.8 Å². The minimum absolute atomic E-state index is 0.0136. The zero-order valence-electron chi connectivity index (χ0n) is 19.8. The number of aryl methyl sites for hydroxylation is 1. The van der Waals surface area contributed by atoms with Gasteiger partial charge in [0.05, 0.1) is 22.6 Å². The summed E-state index contributed by atoms with van der Waals surface area (Å²) < 4.78 is 38.1. The lowest BCUT2D eigenvalue weighted by atomic mass is 10.0. The Morgan fingerprint density at radius 2 is 1.81 bits per heavy atom. The van der Waals surface area contributed by atoms with Gasteiger partial charge in [-0.15, -0.1) is 10.2 Å². The van der Waals surface area contributed by atoms with Gasteiger partial charge in [0.1, 0.15) is 17.1 Å². The van der Waals surface area contributed by atoms with Crippen molar-refractivity contribution >= 4 is 55.5 Å². The lowest BCUT2D eigenvalue weighted by Crippen LogP contribution is -2.12. The maximum atomic E-state index is 13.1. The van der Waals surface area contributed by atoms with Crippen LogP contribution in [0.4, 0.5) is 17.1 Å². The third kappa shape index (κ3) is 5.56. The summed E-state index contributed by atoms with van der Waals surface area (Å²) in [5.74, 6) is -0.473. The van der Waals surface area contributed by atoms with Crippen molar-refractivity contribution in [1.29, 1.82) is 0 Å². The number of aromatic hydroxyl groups is 1. The first-order valence-electron chi connectivity index (χ1n) is 11.0. The molecule has 0 bridgehead atoms. The van der Waals surface area contributed by atoms with Crippen LogP contribution in [0.3, 0.4) is 0 Å². The number of carbonyl (C=O) groups is 1. The molecule has 0 aliphatic rings. The first kappa shape index (κ1) is 26.1. The number of hydrogen-bond acceptors (Lipinski definition) is 7. The molecule has 3 N–H and O–H groups in total. The third-order valence-corrected chi connectivity index (χ3v) is 6.87. The quantitative estimate of drug-likeness (QED) is 0.177. The number of anilines is 1. The number of nitrogens with zero attached hydrogens (tertiary/aromatic N) is 2. The number of ether oxygens (including phenoxy) is 1. The Labute approximate surface area is 218 Å². The van der Waals surface area contributed by atoms with Crippen LogP contribution in [-0.4, -0.2) is 31.1 Å². The molecule has 0 aliphatic heterocycles. The molecule has 0 aliphatic carbocycles. The molecule has 37 heavy (non-hydrogen) atoms. The van der Waals surface area contributed by atoms with E-state index in [0.717, 1.165) is 6.07 Å². The summed E-state index contributed by atoms with van der Waals surface area (Å²) in [5.41, 5.74) is 0.804. The van der Waals surface area contributed by atoms with Crippen molar-refractivity contribution in [2.24, 2.45) is 10.2 Å². The molecule has 4 aromatic rings. The van der Waals surface area contributed by atoms with Gasteiger partial charge in [-0.3, -0.25) is 9.35 Å². The number of phenolic OH excluding ortho intramolecular Hbond substituents is 1. The molecule has 0 saturated heterocycles. The Kier molecular flexibility index (Phi) is 7.44. The van der Waals surface area contributed by atoms with Crippen molar-refractivity contribution in [3.8, 4) is 11.5 Å². The number of rotatable bonds is 7. The van der Waals surface area contributed by atoms with Gasteiger partial charge in [-0.05, 0) is 47.7 Å². The molecule has 190 valence electrons. The van der Waals surface area contributed by atoms with E-state index in [1.54, 1.807) is 55.5 Å². The number of hydrogen-bond donors (Lipinski definition) is 3. The summed E-state index contributed by atoms with van der Waals surface area (Å²) in [7, 11) is -3.02. The lowest BCUT2D eigenvalue weighted by molar-refractivity contribution is 0.102. The summed E-state index contributed by atoms with van der Waals surface area (Å²) in [4.78, 5) is 12.7. The first-order valence-corrected chi connectivity index (χ1v) is 12.9. The molecule has 1 amide bonds. The van der Waals surface area contributed by atoms with E-state index in [-0.39, 0.29) is 26.9 Å². The number of fused-ring (bicyclic) bond motifs is 1. The van der Waals surface area contributed by atoms with Crippen LogP contribution < -0.4 is 10.1 Å². The Balaban J connectivity index is 1.82. The predicted octanol–water partition coefficient (Wildman–Crippen LogP) is 6.68. The highest BCUT2D eigenvalue weighted by Gasteiger charge is 2.20. The van der Waals surface area contributed by atoms with E-state index in [9.17, 15) is 22.9 Å². The Morgan fingerprint density at radius 1 is 1.05 bits per heavy atom. The maximum Gasteiger partial charge on any atom is 0.294 e. The SMILES string of the molecule is CCc1cc(S(=O)(=O)O)cc(N=Nc2c(O)c(C(=O)Nc3cccc(OC)c3)cc3ccccc23)c1Cl. The van der Waals surface area contributed by atoms with Crippen molar-refractivity contribution in [3.63, 3.8) is 0 Å². The fourth-order valence-electron chi connectivity index (χ4n) is 3.71. The highest BCUT2D eigenvalue weighted by Crippen LogP contribution is 2.41. The van der Waals surface area contributed by atoms with Crippen LogP contribution in [0.5, 0.6) is 11.5 Å². The second kappa shape index (κ2) is 10.6. The highest BCUT2D eigenvalue weighted by atomic mass is 35.5. The molecular formula is C26H22ClN3O6S. The molecule has 0 heterocycles. The molecule has 0 aromatic heterocycles. The average Bonchev–Trinajstić information content (AvgIpc) is 2.88. The van der Waals surface area contributed by atoms with E-state index in [1.807, 2.05) is 0 Å². The number of amides is 1. The van der Waals surface area contributed by atoms with Crippen LogP contribution >= 0.6 is 11.6 Å². The normalized spacial score (nSPS) is 11.7. The highest BCUT2D eigenvalue weighted by molar-refractivity contribution is 7.85. The van der Waals surface area contributed by atoms with Gasteiger partial charge < -0.3 is 15.2 Å². The van der Waals surface area contributed by atoms with Gasteiger partial charge >= 0.3 is 0 Å². The second-order valence-corrected chi connectivity index (χ2v) is 9.77. The minimum Gasteiger partial charge on any atom is -0.505 e. The van der Waals surface area contributed by atoms with Crippen LogP contribution in [0, 0.1) is 0 Å². The summed E-state index contributed by atoms with van der Waals surface area (Å²) in [6.07, 6.45) is 0.374. The number of methoxy groups -OCH3 is 1. The zero-order chi connectivity index (χ0) is 26.7. The van der Waals surface area contributed by atoms with Gasteiger partial charge in [-0.25, -0.2) is 0 Å². The Morgan fingerprint density at radius 3 is 2.51 bits per heavy atom. The van der Waals surface area contributed by atoms with Crippen molar-refractivity contribution in [3.05, 3.63) is 82.9 Å². The van der Waals surface area contributed by atoms with E-state index >= 15 is 0 Å². The van der Waals surface area contributed by atoms with Gasteiger partial charge in [-0.2, -0.15) is 8.42 Å². The van der Waals surface area contributed by atoms with Crippen LogP contribution in [-0.2, 0) is 16.5 Å². The largest absolute Gasteiger partial charge is 0.505 e. The summed E-state index contributed by atoms with van der Waals surface area (Å²) >= 11 is 6.38. The lowest BCUT2D eigenvalue weighted by Gasteiger charge is -2.12. The molecule has 0 unspecified atom stereocenters. The van der Waals surface area contributed by atoms with E-state index in [2.05, 4.69) is 15.5 Å². The molecule has 0 atom stereocenters. The van der Waals surface area contributed by atoms with E-state index in [4.69, 9.17) is 16.3 Å². The smallest absolute Gasteiger partial charge is 0.294 e. The Bertz CT molecular complexity index is 1650. The minimum atomic E-state index is -4.52. The molecule has 0 spiro atoms. The fraction of sp³-hybridized carbons (Fsp3) is 0.115. The molecule has 11 heteroatoms. The maximum absolute atomic E-state index is 13.1. The molecular weight excluding hydrogens is 518 g/mol. The van der Waals surface area contributed by atoms with Crippen molar-refractivity contribution in [2.45, 2.75) is 18.2 Å². The summed E-state index contributed by atoms with van der Waals surface area (Å²) in [6.45, 7) is 1.76. The van der Waals surface area contributed by atoms with Crippen LogP contribution in [0.1, 0.15) is 22.8 Å². The first-order chi connectivity index (χ1) is 17.6. The Hall–Kier alpha value is -3.99. The van der Waals surface area contributed by atoms with Crippen LogP contribution in [0.15, 0.2) is 81.9 Å². The monoisotopic (exact) mass is 539 g/mol. The molecule has 0 fully saturated rings. The molecule has 4 rings (SSSR count). The van der Waals surface area contributed by atoms with E-state index in [0.29, 0.717) is 34.2 Å². The van der Waals surface area contributed by atoms with Crippen LogP contribution in [0.25, 0.3) is 10.8 Å². The van der Waals surface area contributed by atoms with E-state index in [1.165, 1.54) is 19.2 Å². The molecule has 9 nitrogen and oxygen atoms in total. The molecule has 0 saturated carbocycles. The molecule has 0 radical (unpaired) electrons. The second-order valence-electron chi connectivity index (χ2n) is 7.97. The standard InChI is InChI=1S/C26H22ClN3O6S/c1-3-15-11-19(37(33,34)35)14-22(23(15)27)29-30-24-20-10-5-4-7-16(20)12-21(25(24)31)26(32)28-17-8-6-9-18(13-17)36-2/h4-14,31H,3H2,1-2H3,(H,28,32)(H,33,34,35). The topological polar surface area (TPSA) is 138 Å². The van der Waals surface area contributed by atoms with Crippen molar-refractivity contribution in [2.75, 3.05) is 12.4 Å². The van der Waals surface area contributed by atoms with Crippen molar-refractivity contribution in [1.82, 2.24) is 0 Å². The van der Waals surface area contributed by atoms with Gasteiger partial charge in [0.2, 0.25) is 0 Å². The predicted molar refractivity (Wildman–Crippen MR) is 141 cm³/mol. The number of nitrogens with one attached hydrogen (secondary N) is 1. The van der Waals surface area contributed by atoms with Gasteiger partial charge in [-0.1, -0.05) is 48.9 Å².